The lowest BCUT2D eigenvalue weighted by Crippen LogP contribution is -2.41. The van der Waals surface area contributed by atoms with Gasteiger partial charge in [0.1, 0.15) is 5.65 Å². The molecule has 43 heavy (non-hydrogen) atoms. The van der Waals surface area contributed by atoms with E-state index in [0.29, 0.717) is 64.8 Å². The number of imidazole rings is 1. The highest BCUT2D eigenvalue weighted by atomic mass is 19.1. The number of H-pyrrole nitrogens is 1. The summed E-state index contributed by atoms with van der Waals surface area (Å²) in [6, 6.07) is 7.26. The number of nitrogens with zero attached hydrogens (tertiary/aromatic N) is 5. The van der Waals surface area contributed by atoms with Crippen molar-refractivity contribution in [3.63, 3.8) is 0 Å². The molecule has 8 rings (SSSR count). The van der Waals surface area contributed by atoms with E-state index in [0.717, 1.165) is 11.1 Å². The van der Waals surface area contributed by atoms with Gasteiger partial charge in [0.05, 0.1) is 59.2 Å². The second kappa shape index (κ2) is 10.3. The van der Waals surface area contributed by atoms with Crippen LogP contribution in [0.5, 0.6) is 0 Å². The molecule has 4 aromatic heterocycles. The number of carbonyl (C=O) groups excluding carboxylic acids is 1. The van der Waals surface area contributed by atoms with Gasteiger partial charge in [0.2, 0.25) is 5.95 Å². The second-order valence-electron chi connectivity index (χ2n) is 11.2. The van der Waals surface area contributed by atoms with E-state index in [4.69, 9.17) is 14.2 Å². The smallest absolute Gasteiger partial charge is 0.407 e. The van der Waals surface area contributed by atoms with Gasteiger partial charge in [-0.05, 0) is 24.0 Å². The first kappa shape index (κ1) is 27.3. The Morgan fingerprint density at radius 3 is 2.67 bits per heavy atom. The van der Waals surface area contributed by atoms with Gasteiger partial charge in [0.25, 0.3) is 0 Å². The number of methoxy groups -OCH3 is 2. The normalized spacial score (nSPS) is 21.9. The molecule has 4 atom stereocenters. The average molecular weight is 590 g/mol. The fourth-order valence-electron chi connectivity index (χ4n) is 6.78. The van der Waals surface area contributed by atoms with E-state index in [-0.39, 0.29) is 30.0 Å². The third kappa shape index (κ3) is 4.33. The SMILES string of the molecule is COC(=O)N[C@H]1C[C@H]2C[C@H]1OCC[C@@H](OC)c1ccc(cc1)-c1c(-c3cn(C)nc3F)[nH]c3ncc4c(c13)n2c(=O)n4C. The van der Waals surface area contributed by atoms with Gasteiger partial charge >= 0.3 is 11.8 Å². The first-order valence-electron chi connectivity index (χ1n) is 14.2. The van der Waals surface area contributed by atoms with Crippen LogP contribution in [0, 0.1) is 5.95 Å². The lowest BCUT2D eigenvalue weighted by Gasteiger charge is -2.22. The number of halogens is 1. The van der Waals surface area contributed by atoms with E-state index >= 15 is 4.39 Å². The molecule has 224 valence electrons. The molecule has 1 aromatic carbocycles. The van der Waals surface area contributed by atoms with E-state index in [2.05, 4.69) is 20.4 Å². The van der Waals surface area contributed by atoms with Crippen LogP contribution in [0.25, 0.3) is 44.5 Å². The summed E-state index contributed by atoms with van der Waals surface area (Å²) in [4.78, 5) is 34.3. The lowest BCUT2D eigenvalue weighted by molar-refractivity contribution is 0.00594. The number of benzene rings is 1. The number of rotatable bonds is 3. The number of pyridine rings is 1. The van der Waals surface area contributed by atoms with Crippen LogP contribution >= 0.6 is 0 Å². The summed E-state index contributed by atoms with van der Waals surface area (Å²) in [7, 11) is 6.36. The van der Waals surface area contributed by atoms with Crippen LogP contribution in [0.15, 0.2) is 41.5 Å². The molecule has 1 saturated carbocycles. The first-order chi connectivity index (χ1) is 20.8. The van der Waals surface area contributed by atoms with Crippen LogP contribution in [0.1, 0.15) is 37.0 Å². The average Bonchev–Trinajstić information content (AvgIpc) is 3.73. The van der Waals surface area contributed by atoms with Crippen molar-refractivity contribution in [2.24, 2.45) is 14.1 Å². The molecule has 12 nitrogen and oxygen atoms in total. The summed E-state index contributed by atoms with van der Waals surface area (Å²) in [6.07, 6.45) is 3.66. The van der Waals surface area contributed by atoms with Gasteiger partial charge in [-0.1, -0.05) is 24.3 Å². The highest BCUT2D eigenvalue weighted by Crippen LogP contribution is 2.44. The van der Waals surface area contributed by atoms with E-state index in [9.17, 15) is 9.59 Å². The highest BCUT2D eigenvalue weighted by Gasteiger charge is 2.40. The Kier molecular flexibility index (Phi) is 6.58. The number of ether oxygens (including phenoxy) is 3. The van der Waals surface area contributed by atoms with Gasteiger partial charge in [-0.15, -0.1) is 5.10 Å². The molecule has 0 radical (unpaired) electrons. The van der Waals surface area contributed by atoms with Crippen LogP contribution in [-0.4, -0.2) is 67.9 Å². The number of carbonyl (C=O) groups is 1. The quantitative estimate of drug-likeness (QED) is 0.326. The Labute approximate surface area is 245 Å². The molecule has 1 fully saturated rings. The topological polar surface area (TPSA) is 130 Å². The maximum atomic E-state index is 15.2. The van der Waals surface area contributed by atoms with Gasteiger partial charge in [0.15, 0.2) is 0 Å². The minimum Gasteiger partial charge on any atom is -0.453 e. The number of amides is 1. The molecule has 2 N–H and O–H groups in total. The number of fused-ring (bicyclic) bond motifs is 5. The third-order valence-electron chi connectivity index (χ3n) is 8.82. The zero-order valence-corrected chi connectivity index (χ0v) is 24.3. The van der Waals surface area contributed by atoms with Crippen molar-refractivity contribution < 1.29 is 23.4 Å². The van der Waals surface area contributed by atoms with Crippen LogP contribution in [0.3, 0.4) is 0 Å². The molecule has 2 aliphatic heterocycles. The van der Waals surface area contributed by atoms with Crippen molar-refractivity contribution in [1.29, 1.82) is 0 Å². The predicted octanol–water partition coefficient (Wildman–Crippen LogP) is 3.96. The fourth-order valence-corrected chi connectivity index (χ4v) is 6.78. The number of alkyl carbamates (subject to hydrolysis) is 1. The van der Waals surface area contributed by atoms with Crippen LogP contribution in [0.4, 0.5) is 9.18 Å². The van der Waals surface area contributed by atoms with Crippen LogP contribution in [-0.2, 0) is 28.3 Å². The predicted molar refractivity (Wildman–Crippen MR) is 156 cm³/mol. The number of nitrogens with one attached hydrogen (secondary N) is 2. The molecule has 6 heterocycles. The molecule has 13 heteroatoms. The zero-order chi connectivity index (χ0) is 30.0. The molecule has 0 unspecified atom stereocenters. The number of hydrogen-bond donors (Lipinski definition) is 2. The molecule has 0 saturated heterocycles. The zero-order valence-electron chi connectivity index (χ0n) is 24.3. The minimum absolute atomic E-state index is 0.216. The maximum absolute atomic E-state index is 15.2. The maximum Gasteiger partial charge on any atom is 0.407 e. The Morgan fingerprint density at radius 1 is 1.19 bits per heavy atom. The van der Waals surface area contributed by atoms with Crippen molar-refractivity contribution in [2.75, 3.05) is 20.8 Å². The highest BCUT2D eigenvalue weighted by molar-refractivity contribution is 6.14. The largest absolute Gasteiger partial charge is 0.453 e. The summed E-state index contributed by atoms with van der Waals surface area (Å²) in [5.74, 6) is -0.619. The molecule has 4 bridgehead atoms. The molecule has 5 aromatic rings. The lowest BCUT2D eigenvalue weighted by atomic mass is 9.96. The Bertz CT molecular complexity index is 1920. The fraction of sp³-hybridized carbons (Fsp3) is 0.400. The van der Waals surface area contributed by atoms with Crippen LogP contribution < -0.4 is 11.0 Å². The molecule has 3 aliphatic rings. The van der Waals surface area contributed by atoms with Crippen molar-refractivity contribution >= 4 is 28.2 Å². The Morgan fingerprint density at radius 2 is 1.98 bits per heavy atom. The second-order valence-corrected chi connectivity index (χ2v) is 11.2. The summed E-state index contributed by atoms with van der Waals surface area (Å²) in [5.41, 5.74) is 4.92. The Hall–Kier alpha value is -4.49. The van der Waals surface area contributed by atoms with Gasteiger partial charge in [-0.2, -0.15) is 4.39 Å². The van der Waals surface area contributed by atoms with Crippen LogP contribution in [0.2, 0.25) is 0 Å². The number of aryl methyl sites for hydroxylation is 2. The molecule has 1 amide bonds. The van der Waals surface area contributed by atoms with Gasteiger partial charge in [-0.3, -0.25) is 13.8 Å². The van der Waals surface area contributed by atoms with E-state index in [1.807, 2.05) is 24.3 Å². The number of aromatic nitrogens is 6. The van der Waals surface area contributed by atoms with Crippen molar-refractivity contribution in [3.05, 3.63) is 58.7 Å². The van der Waals surface area contributed by atoms with Gasteiger partial charge in [0, 0.05) is 52.0 Å². The summed E-state index contributed by atoms with van der Waals surface area (Å²) in [6.45, 7) is 0.389. The summed E-state index contributed by atoms with van der Waals surface area (Å²) < 4.78 is 37.1. The minimum atomic E-state index is -0.619. The monoisotopic (exact) mass is 589 g/mol. The molecular formula is C30H32FN7O5. The number of aromatic amines is 1. The molecule has 0 spiro atoms. The third-order valence-corrected chi connectivity index (χ3v) is 8.82. The first-order valence-corrected chi connectivity index (χ1v) is 14.2. The molecule has 1 aliphatic carbocycles. The van der Waals surface area contributed by atoms with E-state index in [1.54, 1.807) is 42.7 Å². The summed E-state index contributed by atoms with van der Waals surface area (Å²) in [5, 5.41) is 7.55. The number of hydrogen-bond acceptors (Lipinski definition) is 7. The van der Waals surface area contributed by atoms with Gasteiger partial charge in [-0.25, -0.2) is 14.6 Å². The van der Waals surface area contributed by atoms with Crippen molar-refractivity contribution in [2.45, 2.75) is 43.6 Å². The standard InChI is InChI=1S/C30H32FN7O5/c1-36-14-18(27(31)35-36)25-23-16-7-5-15(6-8-16)21(41-3)9-10-43-22-12-17(11-19(22)33-29(39)42-4)38-26-20(37(2)30(38)40)13-32-28(34-25)24(23)26/h5-8,13-14,17,19,21-22H,9-12H2,1-4H3,(H,32,34)(H,33,39)/t17-,19-,21+,22+/m0/s1. The Balaban J connectivity index is 1.54. The summed E-state index contributed by atoms with van der Waals surface area (Å²) >= 11 is 0. The molecular weight excluding hydrogens is 557 g/mol. The van der Waals surface area contributed by atoms with E-state index in [1.165, 1.54) is 11.8 Å². The van der Waals surface area contributed by atoms with E-state index < -0.39 is 12.0 Å². The van der Waals surface area contributed by atoms with Gasteiger partial charge < -0.3 is 24.5 Å². The van der Waals surface area contributed by atoms with Crippen molar-refractivity contribution in [3.8, 4) is 22.4 Å². The van der Waals surface area contributed by atoms with Crippen molar-refractivity contribution in [1.82, 2.24) is 34.2 Å².